The van der Waals surface area contributed by atoms with Gasteiger partial charge in [-0.05, 0) is 12.5 Å². The summed E-state index contributed by atoms with van der Waals surface area (Å²) >= 11 is 1.55. The number of carbonyl (C=O) groups is 1. The van der Waals surface area contributed by atoms with Gasteiger partial charge in [0.25, 0.3) is 0 Å². The number of nitrogens with one attached hydrogen (secondary N) is 1. The summed E-state index contributed by atoms with van der Waals surface area (Å²) in [5.41, 5.74) is 2.73. The molecule has 0 fully saturated rings. The van der Waals surface area contributed by atoms with Gasteiger partial charge in [0.2, 0.25) is 5.91 Å². The number of amides is 1. The molecule has 0 atom stereocenters. The number of benzene rings is 1. The van der Waals surface area contributed by atoms with Gasteiger partial charge in [-0.15, -0.1) is 11.3 Å². The van der Waals surface area contributed by atoms with Crippen molar-refractivity contribution in [2.75, 3.05) is 5.32 Å². The Kier molecular flexibility index (Phi) is 4.02. The van der Waals surface area contributed by atoms with Crippen LogP contribution in [0.5, 0.6) is 0 Å². The van der Waals surface area contributed by atoms with E-state index in [0.717, 1.165) is 21.8 Å². The standard InChI is InChI=1S/C16H16N4OS/c1-11-18-13(10-22-11)8-15(21)19-16-14(9-17-20(16)2)12-6-4-3-5-7-12/h3-7,9-10H,8H2,1-2H3,(H,19,21). The average molecular weight is 312 g/mol. The first-order valence-electron chi connectivity index (χ1n) is 6.92. The molecule has 0 unspecified atom stereocenters. The second kappa shape index (κ2) is 6.11. The third-order valence-electron chi connectivity index (χ3n) is 3.29. The lowest BCUT2D eigenvalue weighted by atomic mass is 10.1. The van der Waals surface area contributed by atoms with Crippen molar-refractivity contribution in [2.24, 2.45) is 7.05 Å². The maximum absolute atomic E-state index is 12.2. The van der Waals surface area contributed by atoms with E-state index in [4.69, 9.17) is 0 Å². The molecule has 1 amide bonds. The van der Waals surface area contributed by atoms with Crippen molar-refractivity contribution in [2.45, 2.75) is 13.3 Å². The SMILES string of the molecule is Cc1nc(CC(=O)Nc2c(-c3ccccc3)cnn2C)cs1. The second-order valence-electron chi connectivity index (χ2n) is 4.98. The van der Waals surface area contributed by atoms with Crippen LogP contribution >= 0.6 is 11.3 Å². The Labute approximate surface area is 132 Å². The predicted molar refractivity (Wildman–Crippen MR) is 87.8 cm³/mol. The van der Waals surface area contributed by atoms with Crippen LogP contribution in [-0.2, 0) is 18.3 Å². The molecular weight excluding hydrogens is 296 g/mol. The van der Waals surface area contributed by atoms with Gasteiger partial charge in [-0.2, -0.15) is 5.10 Å². The molecule has 1 N–H and O–H groups in total. The van der Waals surface area contributed by atoms with Gasteiger partial charge in [0.05, 0.1) is 23.3 Å². The number of nitrogens with zero attached hydrogens (tertiary/aromatic N) is 3. The maximum atomic E-state index is 12.2. The number of hydrogen-bond acceptors (Lipinski definition) is 4. The molecule has 0 bridgehead atoms. The fourth-order valence-electron chi connectivity index (χ4n) is 2.24. The van der Waals surface area contributed by atoms with Crippen molar-refractivity contribution in [3.05, 3.63) is 52.6 Å². The summed E-state index contributed by atoms with van der Waals surface area (Å²) in [7, 11) is 1.81. The lowest BCUT2D eigenvalue weighted by molar-refractivity contribution is -0.115. The normalized spacial score (nSPS) is 10.6. The molecule has 0 radical (unpaired) electrons. The van der Waals surface area contributed by atoms with E-state index in [9.17, 15) is 4.79 Å². The Bertz CT molecular complexity index is 792. The predicted octanol–water partition coefficient (Wildman–Crippen LogP) is 3.03. The third-order valence-corrected chi connectivity index (χ3v) is 4.11. The van der Waals surface area contributed by atoms with Gasteiger partial charge in [-0.1, -0.05) is 30.3 Å². The number of anilines is 1. The molecule has 3 aromatic rings. The molecular formula is C16H16N4OS. The maximum Gasteiger partial charge on any atom is 0.231 e. The van der Waals surface area contributed by atoms with Crippen LogP contribution in [0.2, 0.25) is 0 Å². The monoisotopic (exact) mass is 312 g/mol. The number of thiazole rings is 1. The van der Waals surface area contributed by atoms with Crippen molar-refractivity contribution in [3.8, 4) is 11.1 Å². The molecule has 3 rings (SSSR count). The van der Waals surface area contributed by atoms with Crippen molar-refractivity contribution < 1.29 is 4.79 Å². The second-order valence-corrected chi connectivity index (χ2v) is 6.04. The molecule has 1 aromatic carbocycles. The molecule has 0 saturated heterocycles. The van der Waals surface area contributed by atoms with E-state index in [1.165, 1.54) is 0 Å². The lowest BCUT2D eigenvalue weighted by Gasteiger charge is -2.08. The quantitative estimate of drug-likeness (QED) is 0.805. The molecule has 112 valence electrons. The van der Waals surface area contributed by atoms with Gasteiger partial charge in [-0.3, -0.25) is 9.48 Å². The van der Waals surface area contributed by atoms with E-state index < -0.39 is 0 Å². The van der Waals surface area contributed by atoms with Gasteiger partial charge in [0.1, 0.15) is 5.82 Å². The van der Waals surface area contributed by atoms with E-state index >= 15 is 0 Å². The van der Waals surface area contributed by atoms with Crippen LogP contribution in [0.1, 0.15) is 10.7 Å². The van der Waals surface area contributed by atoms with Gasteiger partial charge in [-0.25, -0.2) is 4.98 Å². The first-order valence-corrected chi connectivity index (χ1v) is 7.79. The number of aromatic nitrogens is 3. The summed E-state index contributed by atoms with van der Waals surface area (Å²) in [6, 6.07) is 9.88. The highest BCUT2D eigenvalue weighted by Gasteiger charge is 2.14. The number of carbonyl (C=O) groups excluding carboxylic acids is 1. The summed E-state index contributed by atoms with van der Waals surface area (Å²) in [5.74, 6) is 0.606. The highest BCUT2D eigenvalue weighted by molar-refractivity contribution is 7.09. The summed E-state index contributed by atoms with van der Waals surface area (Å²) in [4.78, 5) is 16.6. The molecule has 0 spiro atoms. The largest absolute Gasteiger partial charge is 0.310 e. The molecule has 6 heteroatoms. The van der Waals surface area contributed by atoms with Crippen LogP contribution in [0, 0.1) is 6.92 Å². The minimum absolute atomic E-state index is 0.0916. The van der Waals surface area contributed by atoms with E-state index in [0.29, 0.717) is 5.82 Å². The van der Waals surface area contributed by atoms with Crippen LogP contribution < -0.4 is 5.32 Å². The first kappa shape index (κ1) is 14.5. The van der Waals surface area contributed by atoms with E-state index in [1.807, 2.05) is 49.7 Å². The molecule has 2 heterocycles. The van der Waals surface area contributed by atoms with Crippen molar-refractivity contribution in [3.63, 3.8) is 0 Å². The Morgan fingerprint density at radius 1 is 1.32 bits per heavy atom. The molecule has 5 nitrogen and oxygen atoms in total. The summed E-state index contributed by atoms with van der Waals surface area (Å²) in [6.45, 7) is 1.93. The minimum atomic E-state index is -0.0916. The Balaban J connectivity index is 1.80. The Morgan fingerprint density at radius 3 is 2.77 bits per heavy atom. The molecule has 0 aliphatic rings. The summed E-state index contributed by atoms with van der Waals surface area (Å²) < 4.78 is 1.67. The van der Waals surface area contributed by atoms with Crippen molar-refractivity contribution in [1.82, 2.24) is 14.8 Å². The lowest BCUT2D eigenvalue weighted by Crippen LogP contribution is -2.17. The fourth-order valence-corrected chi connectivity index (χ4v) is 2.86. The van der Waals surface area contributed by atoms with Crippen molar-refractivity contribution >= 4 is 23.1 Å². The van der Waals surface area contributed by atoms with Gasteiger partial charge < -0.3 is 5.32 Å². The van der Waals surface area contributed by atoms with E-state index in [2.05, 4.69) is 15.4 Å². The van der Waals surface area contributed by atoms with Gasteiger partial charge in [0.15, 0.2) is 0 Å². The highest BCUT2D eigenvalue weighted by atomic mass is 32.1. The van der Waals surface area contributed by atoms with Gasteiger partial charge >= 0.3 is 0 Å². The summed E-state index contributed by atoms with van der Waals surface area (Å²) in [5, 5.41) is 10.1. The molecule has 0 aliphatic heterocycles. The first-order chi connectivity index (χ1) is 10.6. The van der Waals surface area contributed by atoms with Crippen LogP contribution in [0.25, 0.3) is 11.1 Å². The summed E-state index contributed by atoms with van der Waals surface area (Å²) in [6.07, 6.45) is 2.03. The number of rotatable bonds is 4. The Morgan fingerprint density at radius 2 is 2.09 bits per heavy atom. The van der Waals surface area contributed by atoms with E-state index in [-0.39, 0.29) is 12.3 Å². The minimum Gasteiger partial charge on any atom is -0.310 e. The van der Waals surface area contributed by atoms with Crippen LogP contribution in [-0.4, -0.2) is 20.7 Å². The van der Waals surface area contributed by atoms with Crippen LogP contribution in [0.3, 0.4) is 0 Å². The van der Waals surface area contributed by atoms with Gasteiger partial charge in [0, 0.05) is 18.0 Å². The fraction of sp³-hybridized carbons (Fsp3) is 0.188. The zero-order chi connectivity index (χ0) is 15.5. The molecule has 22 heavy (non-hydrogen) atoms. The Hall–Kier alpha value is -2.47. The average Bonchev–Trinajstić information content (AvgIpc) is 3.07. The zero-order valence-corrected chi connectivity index (χ0v) is 13.2. The molecule has 0 aliphatic carbocycles. The third kappa shape index (κ3) is 3.07. The topological polar surface area (TPSA) is 59.8 Å². The van der Waals surface area contributed by atoms with Crippen LogP contribution in [0.15, 0.2) is 41.9 Å². The molecule has 2 aromatic heterocycles. The molecule has 0 saturated carbocycles. The number of hydrogen-bond donors (Lipinski definition) is 1. The van der Waals surface area contributed by atoms with Crippen molar-refractivity contribution in [1.29, 1.82) is 0 Å². The highest BCUT2D eigenvalue weighted by Crippen LogP contribution is 2.27. The smallest absolute Gasteiger partial charge is 0.231 e. The zero-order valence-electron chi connectivity index (χ0n) is 12.4. The van der Waals surface area contributed by atoms with E-state index in [1.54, 1.807) is 22.2 Å². The number of aryl methyl sites for hydroxylation is 2. The van der Waals surface area contributed by atoms with Crippen LogP contribution in [0.4, 0.5) is 5.82 Å².